The second kappa shape index (κ2) is 9.99. The first-order valence-electron chi connectivity index (χ1n) is 10.8. The van der Waals surface area contributed by atoms with Gasteiger partial charge in [0.05, 0.1) is 24.7 Å². The van der Waals surface area contributed by atoms with E-state index < -0.39 is 41.6 Å². The number of rotatable bonds is 7. The molecule has 1 aliphatic rings. The van der Waals surface area contributed by atoms with Crippen molar-refractivity contribution in [1.29, 1.82) is 0 Å². The van der Waals surface area contributed by atoms with Crippen molar-refractivity contribution in [2.45, 2.75) is 97.4 Å². The van der Waals surface area contributed by atoms with Gasteiger partial charge in [-0.1, -0.05) is 6.92 Å². The Kier molecular flexibility index (Phi) is 8.10. The summed E-state index contributed by atoms with van der Waals surface area (Å²) in [7, 11) is 0. The van der Waals surface area contributed by atoms with Crippen LogP contribution in [-0.2, 0) is 25.5 Å². The number of likely N-dealkylation sites (tertiary alicyclic amines) is 1. The van der Waals surface area contributed by atoms with Crippen LogP contribution in [0, 0.1) is 0 Å². The van der Waals surface area contributed by atoms with E-state index in [9.17, 15) is 14.7 Å². The van der Waals surface area contributed by atoms with Gasteiger partial charge in [0.15, 0.2) is 6.10 Å². The highest BCUT2D eigenvalue weighted by Gasteiger charge is 2.39. The van der Waals surface area contributed by atoms with Crippen LogP contribution in [0.1, 0.15) is 73.1 Å². The Morgan fingerprint density at radius 3 is 2.42 bits per heavy atom. The van der Waals surface area contributed by atoms with Crippen LogP contribution < -0.4 is 0 Å². The Morgan fingerprint density at radius 2 is 1.84 bits per heavy atom. The number of hydrogen-bond acceptors (Lipinski definition) is 7. The summed E-state index contributed by atoms with van der Waals surface area (Å²) >= 11 is 0. The molecule has 0 aliphatic carbocycles. The fraction of sp³-hybridized carbons (Fsp3) is 0.773. The monoisotopic (exact) mass is 439 g/mol. The molecule has 0 aromatic carbocycles. The number of aryl methyl sites for hydroxylation is 1. The van der Waals surface area contributed by atoms with Gasteiger partial charge < -0.3 is 28.8 Å². The van der Waals surface area contributed by atoms with Crippen molar-refractivity contribution in [2.75, 3.05) is 13.1 Å². The number of imidazole rings is 1. The van der Waals surface area contributed by atoms with E-state index in [1.807, 2.05) is 32.3 Å². The molecule has 0 spiro atoms. The second-order valence-electron chi connectivity index (χ2n) is 9.91. The van der Waals surface area contributed by atoms with Gasteiger partial charge >= 0.3 is 12.1 Å². The summed E-state index contributed by atoms with van der Waals surface area (Å²) in [6, 6.07) is 0. The van der Waals surface area contributed by atoms with Gasteiger partial charge in [-0.3, -0.25) is 0 Å². The van der Waals surface area contributed by atoms with Crippen molar-refractivity contribution in [2.24, 2.45) is 0 Å². The predicted octanol–water partition coefficient (Wildman–Crippen LogP) is 3.06. The highest BCUT2D eigenvalue weighted by Crippen LogP contribution is 2.26. The zero-order valence-electron chi connectivity index (χ0n) is 19.8. The summed E-state index contributed by atoms with van der Waals surface area (Å²) in [6.45, 7) is 14.2. The van der Waals surface area contributed by atoms with E-state index in [1.165, 1.54) is 0 Å². The van der Waals surface area contributed by atoms with Crippen molar-refractivity contribution in [3.63, 3.8) is 0 Å². The number of carbonyl (C=O) groups excluding carboxylic acids is 2. The molecule has 1 saturated heterocycles. The number of amides is 1. The van der Waals surface area contributed by atoms with Gasteiger partial charge in [0.2, 0.25) is 0 Å². The summed E-state index contributed by atoms with van der Waals surface area (Å²) in [5, 5.41) is 10.9. The number of ether oxygens (including phenoxy) is 3. The molecule has 1 aromatic heterocycles. The van der Waals surface area contributed by atoms with Gasteiger partial charge in [0.1, 0.15) is 17.3 Å². The van der Waals surface area contributed by atoms with Crippen molar-refractivity contribution in [3.05, 3.63) is 18.2 Å². The van der Waals surface area contributed by atoms with Crippen molar-refractivity contribution >= 4 is 12.1 Å². The van der Waals surface area contributed by atoms with E-state index >= 15 is 0 Å². The van der Waals surface area contributed by atoms with E-state index in [0.29, 0.717) is 18.7 Å². The molecule has 1 fully saturated rings. The molecule has 0 bridgehead atoms. The lowest BCUT2D eigenvalue weighted by Crippen LogP contribution is -2.41. The van der Waals surface area contributed by atoms with Gasteiger partial charge in [0.25, 0.3) is 0 Å². The molecule has 1 amide bonds. The van der Waals surface area contributed by atoms with Gasteiger partial charge in [-0.15, -0.1) is 0 Å². The maximum Gasteiger partial charge on any atom is 0.410 e. The second-order valence-corrected chi connectivity index (χ2v) is 9.91. The zero-order valence-corrected chi connectivity index (χ0v) is 19.8. The molecule has 2 unspecified atom stereocenters. The van der Waals surface area contributed by atoms with Crippen LogP contribution in [0.5, 0.6) is 0 Å². The number of nitrogens with zero attached hydrogens (tertiary/aromatic N) is 3. The molecule has 9 nitrogen and oxygen atoms in total. The lowest BCUT2D eigenvalue weighted by atomic mass is 10.1. The van der Waals surface area contributed by atoms with Crippen LogP contribution in [0.25, 0.3) is 0 Å². The fourth-order valence-corrected chi connectivity index (χ4v) is 3.22. The Balaban J connectivity index is 2.12. The standard InChI is InChI=1S/C22H37N3O6/c1-8-10-24-13-16(23-14-24)17(26)18(19(27)30-21(2,3)4)29-15-9-11-25(12-15)20(28)31-22(5,6)7/h13-15,17-18,26H,8-12H2,1-7H3/t15-,17?,18?/m0/s1. The summed E-state index contributed by atoms with van der Waals surface area (Å²) < 4.78 is 18.7. The maximum absolute atomic E-state index is 12.8. The molecular weight excluding hydrogens is 402 g/mol. The average Bonchev–Trinajstić information content (AvgIpc) is 3.26. The third kappa shape index (κ3) is 7.81. The number of hydrogen-bond donors (Lipinski definition) is 1. The molecule has 1 N–H and O–H groups in total. The molecule has 0 saturated carbocycles. The maximum atomic E-state index is 12.8. The minimum Gasteiger partial charge on any atom is -0.458 e. The van der Waals surface area contributed by atoms with Crippen LogP contribution in [0.2, 0.25) is 0 Å². The molecule has 2 rings (SSSR count). The lowest BCUT2D eigenvalue weighted by molar-refractivity contribution is -0.181. The summed E-state index contributed by atoms with van der Waals surface area (Å²) in [5.41, 5.74) is -0.993. The van der Waals surface area contributed by atoms with Crippen molar-refractivity contribution < 1.29 is 28.9 Å². The lowest BCUT2D eigenvalue weighted by Gasteiger charge is -2.28. The minimum atomic E-state index is -1.29. The fourth-order valence-electron chi connectivity index (χ4n) is 3.22. The summed E-state index contributed by atoms with van der Waals surface area (Å²) in [5.74, 6) is -0.666. The first kappa shape index (κ1) is 25.1. The number of aliphatic hydroxyl groups excluding tert-OH is 1. The Morgan fingerprint density at radius 1 is 1.19 bits per heavy atom. The predicted molar refractivity (Wildman–Crippen MR) is 114 cm³/mol. The molecule has 176 valence electrons. The van der Waals surface area contributed by atoms with Crippen LogP contribution in [0.15, 0.2) is 12.5 Å². The number of aliphatic hydroxyl groups is 1. The van der Waals surface area contributed by atoms with E-state index in [-0.39, 0.29) is 6.54 Å². The molecule has 3 atom stereocenters. The summed E-state index contributed by atoms with van der Waals surface area (Å²) in [6.07, 6.45) is 1.36. The van der Waals surface area contributed by atoms with Gasteiger partial charge in [-0.25, -0.2) is 14.6 Å². The van der Waals surface area contributed by atoms with Gasteiger partial charge in [-0.05, 0) is 54.4 Å². The third-order valence-electron chi connectivity index (χ3n) is 4.50. The molecular formula is C22H37N3O6. The van der Waals surface area contributed by atoms with Gasteiger partial charge in [0, 0.05) is 19.3 Å². The Labute approximate surface area is 184 Å². The first-order valence-corrected chi connectivity index (χ1v) is 10.8. The quantitative estimate of drug-likeness (QED) is 0.651. The zero-order chi connectivity index (χ0) is 23.4. The normalized spacial score (nSPS) is 19.2. The van der Waals surface area contributed by atoms with Crippen LogP contribution in [0.4, 0.5) is 4.79 Å². The van der Waals surface area contributed by atoms with Crippen LogP contribution >= 0.6 is 0 Å². The van der Waals surface area contributed by atoms with E-state index in [4.69, 9.17) is 14.2 Å². The number of aromatic nitrogens is 2. The molecule has 9 heteroatoms. The Bertz CT molecular complexity index is 749. The molecule has 0 radical (unpaired) electrons. The third-order valence-corrected chi connectivity index (χ3v) is 4.50. The number of carbonyl (C=O) groups is 2. The van der Waals surface area contributed by atoms with Crippen LogP contribution in [-0.4, -0.2) is 68.1 Å². The van der Waals surface area contributed by atoms with Crippen molar-refractivity contribution in [3.8, 4) is 0 Å². The minimum absolute atomic E-state index is 0.269. The van der Waals surface area contributed by atoms with Crippen molar-refractivity contribution in [1.82, 2.24) is 14.5 Å². The first-order chi connectivity index (χ1) is 14.3. The number of esters is 1. The molecule has 2 heterocycles. The highest BCUT2D eigenvalue weighted by atomic mass is 16.6. The highest BCUT2D eigenvalue weighted by molar-refractivity contribution is 5.76. The molecule has 1 aliphatic heterocycles. The smallest absolute Gasteiger partial charge is 0.410 e. The molecule has 31 heavy (non-hydrogen) atoms. The summed E-state index contributed by atoms with van der Waals surface area (Å²) in [4.78, 5) is 31.0. The SMILES string of the molecule is CCCn1cnc(C(O)C(O[C@H]2CCN(C(=O)OC(C)(C)C)C2)C(=O)OC(C)(C)C)c1. The Hall–Kier alpha value is -2.13. The van der Waals surface area contributed by atoms with E-state index in [0.717, 1.165) is 13.0 Å². The van der Waals surface area contributed by atoms with Crippen LogP contribution in [0.3, 0.4) is 0 Å². The average molecular weight is 440 g/mol. The van der Waals surface area contributed by atoms with E-state index in [1.54, 1.807) is 38.2 Å². The van der Waals surface area contributed by atoms with E-state index in [2.05, 4.69) is 4.98 Å². The topological polar surface area (TPSA) is 103 Å². The van der Waals surface area contributed by atoms with Gasteiger partial charge in [-0.2, -0.15) is 0 Å². The molecule has 1 aromatic rings. The largest absolute Gasteiger partial charge is 0.458 e.